The van der Waals surface area contributed by atoms with Gasteiger partial charge in [-0.1, -0.05) is 42.5 Å². The lowest BCUT2D eigenvalue weighted by Gasteiger charge is -2.34. The number of amidine groups is 1. The second-order valence-corrected chi connectivity index (χ2v) is 11.4. The van der Waals surface area contributed by atoms with Crippen molar-refractivity contribution in [3.63, 3.8) is 0 Å². The van der Waals surface area contributed by atoms with Crippen molar-refractivity contribution in [2.24, 2.45) is 11.7 Å². The van der Waals surface area contributed by atoms with Gasteiger partial charge in [0.2, 0.25) is 11.8 Å². The Kier molecular flexibility index (Phi) is 10.9. The zero-order chi connectivity index (χ0) is 29.2. The first-order valence-corrected chi connectivity index (χ1v) is 14.8. The smallest absolute Gasteiger partial charge is 0.240 e. The van der Waals surface area contributed by atoms with Crippen LogP contribution in [-0.2, 0) is 16.0 Å². The molecule has 3 aromatic rings. The van der Waals surface area contributed by atoms with Gasteiger partial charge in [-0.25, -0.2) is 9.11 Å². The average molecular weight is 576 g/mol. The Bertz CT molecular complexity index is 1340. The van der Waals surface area contributed by atoms with Crippen LogP contribution in [0.2, 0.25) is 0 Å². The minimum atomic E-state index is -0.485. The van der Waals surface area contributed by atoms with Gasteiger partial charge >= 0.3 is 0 Å². The maximum absolute atomic E-state index is 13.8. The second-order valence-electron chi connectivity index (χ2n) is 10.5. The summed E-state index contributed by atoms with van der Waals surface area (Å²) in [7, 11) is 1.66. The second kappa shape index (κ2) is 14.8. The van der Waals surface area contributed by atoms with Crippen LogP contribution < -0.4 is 15.8 Å². The molecule has 1 unspecified atom stereocenters. The Labute approximate surface area is 245 Å². The van der Waals surface area contributed by atoms with Gasteiger partial charge in [0.15, 0.2) is 0 Å². The van der Waals surface area contributed by atoms with Gasteiger partial charge < -0.3 is 16.0 Å². The van der Waals surface area contributed by atoms with E-state index >= 15 is 0 Å². The highest BCUT2D eigenvalue weighted by molar-refractivity contribution is 7.97. The van der Waals surface area contributed by atoms with E-state index in [4.69, 9.17) is 11.1 Å². The summed E-state index contributed by atoms with van der Waals surface area (Å²) in [6.45, 7) is 1.39. The van der Waals surface area contributed by atoms with E-state index in [2.05, 4.69) is 10.0 Å². The van der Waals surface area contributed by atoms with Gasteiger partial charge in [0.1, 0.15) is 17.7 Å². The molecular formula is C32H38FN5O2S. The lowest BCUT2D eigenvalue weighted by Crippen LogP contribution is -2.48. The van der Waals surface area contributed by atoms with Crippen LogP contribution in [0.5, 0.6) is 0 Å². The highest BCUT2D eigenvalue weighted by atomic mass is 32.2. The van der Waals surface area contributed by atoms with E-state index in [-0.39, 0.29) is 23.5 Å². The molecule has 1 aliphatic heterocycles. The van der Waals surface area contributed by atoms with Crippen LogP contribution in [-0.4, -0.2) is 48.7 Å². The van der Waals surface area contributed by atoms with Gasteiger partial charge in [-0.3, -0.25) is 15.0 Å². The number of nitrogens with one attached hydrogen (secondary N) is 3. The van der Waals surface area contributed by atoms with Crippen LogP contribution in [0, 0.1) is 17.1 Å². The van der Waals surface area contributed by atoms with E-state index in [1.807, 2.05) is 47.4 Å². The topological polar surface area (TPSA) is 111 Å². The lowest BCUT2D eigenvalue weighted by atomic mass is 9.91. The standard InChI is InChI=1S/C32H38FN5O2S/c1-36-30(39)10-3-5-22-15-17-38(18-16-22)32(40)29(20-23-6-2-8-26(19-23)31(34)35)37-41-28-9-4-7-25(21-28)24-11-13-27(33)14-12-24/h2,4,6-9,11-14,19,21-22,29,37H,3,5,10,15-18,20H2,1H3,(H3,34,35)(H,36,39). The summed E-state index contributed by atoms with van der Waals surface area (Å²) in [6, 6.07) is 21.3. The Hall–Kier alpha value is -3.69. The van der Waals surface area contributed by atoms with Crippen LogP contribution in [0.25, 0.3) is 11.1 Å². The number of hydrogen-bond acceptors (Lipinski definition) is 5. The molecule has 5 N–H and O–H groups in total. The van der Waals surface area contributed by atoms with Gasteiger partial charge in [0.05, 0.1) is 0 Å². The quantitative estimate of drug-likeness (QED) is 0.136. The number of hydrogen-bond donors (Lipinski definition) is 4. The largest absolute Gasteiger partial charge is 0.384 e. The molecule has 0 bridgehead atoms. The van der Waals surface area contributed by atoms with Gasteiger partial charge in [-0.2, -0.15) is 0 Å². The zero-order valence-corrected chi connectivity index (χ0v) is 24.2. The van der Waals surface area contributed by atoms with Crippen molar-refractivity contribution >= 4 is 29.6 Å². The number of nitrogens with zero attached hydrogens (tertiary/aromatic N) is 1. The number of nitrogens with two attached hydrogens (primary N) is 1. The highest BCUT2D eigenvalue weighted by Gasteiger charge is 2.29. The fourth-order valence-electron chi connectivity index (χ4n) is 5.14. The highest BCUT2D eigenvalue weighted by Crippen LogP contribution is 2.27. The predicted molar refractivity (Wildman–Crippen MR) is 163 cm³/mol. The number of halogens is 1. The van der Waals surface area contributed by atoms with Gasteiger partial charge in [-0.05, 0) is 97.0 Å². The van der Waals surface area contributed by atoms with Crippen LogP contribution in [0.1, 0.15) is 43.2 Å². The number of piperidine rings is 1. The number of nitrogen functional groups attached to an aromatic ring is 1. The molecule has 1 saturated heterocycles. The number of rotatable bonds is 12. The van der Waals surface area contributed by atoms with Crippen molar-refractivity contribution in [2.45, 2.75) is 49.5 Å². The molecule has 1 atom stereocenters. The third-order valence-electron chi connectivity index (χ3n) is 7.53. The van der Waals surface area contributed by atoms with E-state index in [1.165, 1.54) is 24.1 Å². The van der Waals surface area contributed by atoms with Crippen molar-refractivity contribution in [1.82, 2.24) is 14.9 Å². The molecule has 1 fully saturated rings. The van der Waals surface area contributed by atoms with Crippen molar-refractivity contribution in [1.29, 1.82) is 5.41 Å². The molecule has 0 aliphatic carbocycles. The molecule has 1 heterocycles. The van der Waals surface area contributed by atoms with Crippen LogP contribution in [0.4, 0.5) is 4.39 Å². The number of likely N-dealkylation sites (tertiary alicyclic amines) is 1. The minimum absolute atomic E-state index is 0.00633. The molecular weight excluding hydrogens is 537 g/mol. The summed E-state index contributed by atoms with van der Waals surface area (Å²) in [5.41, 5.74) is 9.15. The van der Waals surface area contributed by atoms with Crippen LogP contribution in [0.15, 0.2) is 77.7 Å². The maximum Gasteiger partial charge on any atom is 0.240 e. The first-order valence-electron chi connectivity index (χ1n) is 14.0. The number of benzene rings is 3. The van der Waals surface area contributed by atoms with Crippen LogP contribution in [0.3, 0.4) is 0 Å². The van der Waals surface area contributed by atoms with Crippen LogP contribution >= 0.6 is 11.9 Å². The van der Waals surface area contributed by atoms with Gasteiger partial charge in [0, 0.05) is 37.0 Å². The Morgan fingerprint density at radius 2 is 1.78 bits per heavy atom. The molecule has 216 valence electrons. The van der Waals surface area contributed by atoms with E-state index < -0.39 is 6.04 Å². The number of carbonyl (C=O) groups excluding carboxylic acids is 2. The van der Waals surface area contributed by atoms with E-state index in [0.717, 1.165) is 47.3 Å². The maximum atomic E-state index is 13.8. The molecule has 41 heavy (non-hydrogen) atoms. The summed E-state index contributed by atoms with van der Waals surface area (Å²) in [4.78, 5) is 28.2. The van der Waals surface area contributed by atoms with Crippen molar-refractivity contribution in [3.8, 4) is 11.1 Å². The normalized spacial score (nSPS) is 14.4. The van der Waals surface area contributed by atoms with Crippen molar-refractivity contribution in [3.05, 3.63) is 89.7 Å². The van der Waals surface area contributed by atoms with Crippen molar-refractivity contribution < 1.29 is 14.0 Å². The fourth-order valence-corrected chi connectivity index (χ4v) is 5.94. The lowest BCUT2D eigenvalue weighted by molar-refractivity contribution is -0.134. The zero-order valence-electron chi connectivity index (χ0n) is 23.4. The minimum Gasteiger partial charge on any atom is -0.384 e. The summed E-state index contributed by atoms with van der Waals surface area (Å²) >= 11 is 1.40. The molecule has 2 amide bonds. The van der Waals surface area contributed by atoms with E-state index in [9.17, 15) is 14.0 Å². The summed E-state index contributed by atoms with van der Waals surface area (Å²) in [6.07, 6.45) is 4.72. The third kappa shape index (κ3) is 8.90. The van der Waals surface area contributed by atoms with E-state index in [0.29, 0.717) is 37.4 Å². The van der Waals surface area contributed by atoms with Crippen molar-refractivity contribution in [2.75, 3.05) is 20.1 Å². The molecule has 0 aromatic heterocycles. The fraction of sp³-hybridized carbons (Fsp3) is 0.344. The third-order valence-corrected chi connectivity index (χ3v) is 8.42. The Morgan fingerprint density at radius 1 is 1.05 bits per heavy atom. The monoisotopic (exact) mass is 575 g/mol. The molecule has 3 aromatic carbocycles. The molecule has 0 spiro atoms. The van der Waals surface area contributed by atoms with E-state index in [1.54, 1.807) is 25.2 Å². The van der Waals surface area contributed by atoms with Gasteiger partial charge in [0.25, 0.3) is 0 Å². The summed E-state index contributed by atoms with van der Waals surface area (Å²) < 4.78 is 16.8. The summed E-state index contributed by atoms with van der Waals surface area (Å²) in [5, 5.41) is 10.5. The SMILES string of the molecule is CNC(=O)CCCC1CCN(C(=O)C(Cc2cccc(C(=N)N)c2)NSc2cccc(-c3ccc(F)cc3)c2)CC1. The first-order chi connectivity index (χ1) is 19.8. The Morgan fingerprint density at radius 3 is 2.49 bits per heavy atom. The molecule has 1 aliphatic rings. The molecule has 4 rings (SSSR count). The predicted octanol–water partition coefficient (Wildman–Crippen LogP) is 5.14. The summed E-state index contributed by atoms with van der Waals surface area (Å²) in [5.74, 6) is 0.355. The Balaban J connectivity index is 1.43. The number of carbonyl (C=O) groups is 2. The molecule has 7 nitrogen and oxygen atoms in total. The molecule has 0 saturated carbocycles. The van der Waals surface area contributed by atoms with Gasteiger partial charge in [-0.15, -0.1) is 0 Å². The molecule has 9 heteroatoms. The molecule has 0 radical (unpaired) electrons. The number of amides is 2. The first kappa shape index (κ1) is 30.3. The average Bonchev–Trinajstić information content (AvgIpc) is 2.99.